The minimum atomic E-state index is -0.267. The number of aryl methyl sites for hydroxylation is 4. The Morgan fingerprint density at radius 1 is 0.359 bits per heavy atom. The van der Waals surface area contributed by atoms with Crippen LogP contribution in [0.4, 0.5) is 0 Å². The molecule has 1 aliphatic heterocycles. The van der Waals surface area contributed by atoms with Crippen molar-refractivity contribution in [2.24, 2.45) is 0 Å². The van der Waals surface area contributed by atoms with Gasteiger partial charge in [0.15, 0.2) is 0 Å². The van der Waals surface area contributed by atoms with Crippen LogP contribution in [0.5, 0.6) is 0 Å². The van der Waals surface area contributed by atoms with Crippen LogP contribution in [-0.2, 0) is 35.0 Å². The Balaban J connectivity index is 0.000000151. The van der Waals surface area contributed by atoms with Crippen molar-refractivity contribution in [3.05, 3.63) is 206 Å². The quantitative estimate of drug-likeness (QED) is 0.0953. The van der Waals surface area contributed by atoms with Crippen molar-refractivity contribution >= 4 is 123 Å². The SMILES string of the molecule is Brc1ccc2sc3ccc(Br)cc3c2c1.CCCCc1cccc(-c2ccc3sc4ccc(-c5cccc(CCCC)c5)cc4c3c2)c1.CCCCc1cccc(B2OC(C)(C)C(C)(C)O2)c1.CCCCc1cccc(Br)c1. The van der Waals surface area contributed by atoms with Gasteiger partial charge in [0.1, 0.15) is 0 Å². The van der Waals surface area contributed by atoms with Crippen molar-refractivity contribution in [3.63, 3.8) is 0 Å². The maximum Gasteiger partial charge on any atom is 0.494 e. The summed E-state index contributed by atoms with van der Waals surface area (Å²) in [6, 6.07) is 62.2. The van der Waals surface area contributed by atoms with Crippen molar-refractivity contribution in [2.45, 2.75) is 144 Å². The molecule has 2 nitrogen and oxygen atoms in total. The largest absolute Gasteiger partial charge is 0.494 e. The van der Waals surface area contributed by atoms with Crippen LogP contribution < -0.4 is 5.46 Å². The van der Waals surface area contributed by atoms with Gasteiger partial charge in [-0.25, -0.2) is 0 Å². The van der Waals surface area contributed by atoms with Gasteiger partial charge >= 0.3 is 7.12 Å². The van der Waals surface area contributed by atoms with Gasteiger partial charge in [-0.2, -0.15) is 0 Å². The first-order valence-corrected chi connectivity index (χ1v) is 32.3. The number of benzene rings is 8. The molecule has 1 saturated heterocycles. The molecule has 2 aromatic heterocycles. The van der Waals surface area contributed by atoms with E-state index in [9.17, 15) is 0 Å². The summed E-state index contributed by atoms with van der Waals surface area (Å²) < 4.78 is 21.0. The standard InChI is InChI=1S/C32H32S.C16H25BO2.C12H6Br2S.C10H13Br/c1-3-5-9-23-11-7-13-25(19-23)27-15-17-31-29(21-27)30-22-28(16-18-32(30)33-31)26-14-8-12-24(20-26)10-6-4-2;1-6-7-9-13-10-8-11-14(12-13)17-18-15(2,3)16(4,5)19-17;13-7-1-3-11-9(5-7)10-6-8(14)2-4-12(10)15-11;1-2-3-5-9-6-4-7-10(11)8-9/h7-8,11-22H,3-6,9-10H2,1-2H3;8,10-12H,6-7,9H2,1-5H3;1-6H;4,6-8H,2-3,5H2,1H3. The van der Waals surface area contributed by atoms with Gasteiger partial charge in [-0.3, -0.25) is 0 Å². The Kier molecular flexibility index (Phi) is 21.7. The Hall–Kier alpha value is -4.38. The van der Waals surface area contributed by atoms with E-state index in [-0.39, 0.29) is 18.3 Å². The smallest absolute Gasteiger partial charge is 0.399 e. The lowest BCUT2D eigenvalue weighted by molar-refractivity contribution is 0.00578. The lowest BCUT2D eigenvalue weighted by Crippen LogP contribution is -2.41. The van der Waals surface area contributed by atoms with Gasteiger partial charge in [-0.1, -0.05) is 198 Å². The molecule has 1 fully saturated rings. The average molecular weight is 1260 g/mol. The molecule has 0 radical (unpaired) electrons. The fourth-order valence-corrected chi connectivity index (χ4v) is 13.1. The molecule has 78 heavy (non-hydrogen) atoms. The molecule has 8 heteroatoms. The van der Waals surface area contributed by atoms with E-state index < -0.39 is 0 Å². The first-order valence-electron chi connectivity index (χ1n) is 28.3. The molecule has 0 bridgehead atoms. The maximum absolute atomic E-state index is 6.09. The summed E-state index contributed by atoms with van der Waals surface area (Å²) in [5.74, 6) is 0. The van der Waals surface area contributed by atoms with E-state index in [4.69, 9.17) is 9.31 Å². The summed E-state index contributed by atoms with van der Waals surface area (Å²) in [4.78, 5) is 0. The molecule has 0 N–H and O–H groups in total. The number of rotatable bonds is 15. The number of thiophene rings is 2. The summed E-state index contributed by atoms with van der Waals surface area (Å²) in [6.45, 7) is 17.3. The van der Waals surface area contributed by atoms with E-state index in [1.165, 1.54) is 147 Å². The highest BCUT2D eigenvalue weighted by molar-refractivity contribution is 9.11. The van der Waals surface area contributed by atoms with Gasteiger partial charge in [-0.05, 0) is 202 Å². The van der Waals surface area contributed by atoms with Crippen LogP contribution in [0.2, 0.25) is 0 Å². The second-order valence-electron chi connectivity index (χ2n) is 21.7. The fraction of sp³-hybridized carbons (Fsp3) is 0.314. The van der Waals surface area contributed by atoms with Crippen LogP contribution in [0.3, 0.4) is 0 Å². The molecule has 0 spiro atoms. The second-order valence-corrected chi connectivity index (χ2v) is 26.6. The van der Waals surface area contributed by atoms with E-state index in [1.807, 2.05) is 22.7 Å². The molecule has 404 valence electrons. The molecule has 10 aromatic rings. The van der Waals surface area contributed by atoms with E-state index in [1.54, 1.807) is 0 Å². The highest BCUT2D eigenvalue weighted by Gasteiger charge is 2.51. The Labute approximate surface area is 499 Å². The van der Waals surface area contributed by atoms with Crippen LogP contribution in [0.1, 0.15) is 129 Å². The van der Waals surface area contributed by atoms with E-state index in [0.717, 1.165) is 33.7 Å². The zero-order valence-electron chi connectivity index (χ0n) is 47.0. The van der Waals surface area contributed by atoms with Crippen LogP contribution in [0.15, 0.2) is 183 Å². The van der Waals surface area contributed by atoms with Crippen molar-refractivity contribution < 1.29 is 9.31 Å². The summed E-state index contributed by atoms with van der Waals surface area (Å²) in [5, 5.41) is 5.39. The normalized spacial score (nSPS) is 13.5. The second kappa shape index (κ2) is 28.4. The van der Waals surface area contributed by atoms with Gasteiger partial charge in [0.25, 0.3) is 0 Å². The molecule has 0 atom stereocenters. The van der Waals surface area contributed by atoms with Gasteiger partial charge in [0.05, 0.1) is 11.2 Å². The minimum absolute atomic E-state index is 0.244. The molecule has 3 heterocycles. The lowest BCUT2D eigenvalue weighted by atomic mass is 9.78. The Bertz CT molecular complexity index is 3380. The van der Waals surface area contributed by atoms with E-state index >= 15 is 0 Å². The maximum atomic E-state index is 6.09. The van der Waals surface area contributed by atoms with Gasteiger partial charge in [-0.15, -0.1) is 22.7 Å². The molecule has 1 aliphatic rings. The number of halogens is 3. The zero-order valence-corrected chi connectivity index (χ0v) is 53.4. The van der Waals surface area contributed by atoms with Crippen LogP contribution in [0, 0.1) is 0 Å². The lowest BCUT2D eigenvalue weighted by Gasteiger charge is -2.32. The first-order chi connectivity index (χ1) is 37.7. The molecule has 0 saturated carbocycles. The third-order valence-electron chi connectivity index (χ3n) is 15.0. The summed E-state index contributed by atoms with van der Waals surface area (Å²) >= 11 is 14.2. The average Bonchev–Trinajstić information content (AvgIpc) is 4.18. The van der Waals surface area contributed by atoms with Crippen LogP contribution in [0.25, 0.3) is 62.6 Å². The summed E-state index contributed by atoms with van der Waals surface area (Å²) in [6.07, 6.45) is 14.6. The van der Waals surface area contributed by atoms with Gasteiger partial charge < -0.3 is 9.31 Å². The monoisotopic (exact) mass is 1260 g/mol. The topological polar surface area (TPSA) is 18.5 Å². The van der Waals surface area contributed by atoms with E-state index in [0.29, 0.717) is 0 Å². The van der Waals surface area contributed by atoms with Crippen molar-refractivity contribution in [1.29, 1.82) is 0 Å². The molecular weight excluding hydrogens is 1190 g/mol. The number of hydrogen-bond donors (Lipinski definition) is 0. The zero-order chi connectivity index (χ0) is 55.2. The predicted molar refractivity (Wildman–Crippen MR) is 356 cm³/mol. The third kappa shape index (κ3) is 15.7. The number of fused-ring (bicyclic) bond motifs is 6. The summed E-state index contributed by atoms with van der Waals surface area (Å²) in [5.41, 5.74) is 11.6. The summed E-state index contributed by atoms with van der Waals surface area (Å²) in [7, 11) is -0.244. The van der Waals surface area contributed by atoms with Gasteiger partial charge in [0, 0.05) is 53.8 Å². The predicted octanol–water partition coefficient (Wildman–Crippen LogP) is 22.8. The Morgan fingerprint density at radius 2 is 0.692 bits per heavy atom. The third-order valence-corrected chi connectivity index (χ3v) is 18.8. The van der Waals surface area contributed by atoms with E-state index in [2.05, 4.69) is 273 Å². The number of hydrogen-bond acceptors (Lipinski definition) is 4. The van der Waals surface area contributed by atoms with Crippen LogP contribution >= 0.6 is 70.5 Å². The van der Waals surface area contributed by atoms with Crippen molar-refractivity contribution in [2.75, 3.05) is 0 Å². The molecule has 8 aromatic carbocycles. The van der Waals surface area contributed by atoms with Crippen LogP contribution in [-0.4, -0.2) is 18.3 Å². The van der Waals surface area contributed by atoms with Gasteiger partial charge in [0.2, 0.25) is 0 Å². The molecule has 0 amide bonds. The molecule has 0 aliphatic carbocycles. The highest BCUT2D eigenvalue weighted by Crippen LogP contribution is 2.40. The fourth-order valence-electron chi connectivity index (χ4n) is 9.76. The Morgan fingerprint density at radius 3 is 1.10 bits per heavy atom. The molecular formula is C70H76BBr3O2S2. The first kappa shape index (κ1) is 59.7. The van der Waals surface area contributed by atoms with Crippen molar-refractivity contribution in [1.82, 2.24) is 0 Å². The molecule has 11 rings (SSSR count). The minimum Gasteiger partial charge on any atom is -0.399 e. The highest BCUT2D eigenvalue weighted by atomic mass is 79.9. The molecule has 0 unspecified atom stereocenters. The van der Waals surface area contributed by atoms with Crippen molar-refractivity contribution in [3.8, 4) is 22.3 Å². The number of unbranched alkanes of at least 4 members (excludes halogenated alkanes) is 4.